The minimum atomic E-state index is -0.915. The van der Waals surface area contributed by atoms with Gasteiger partial charge in [-0.2, -0.15) is 0 Å². The van der Waals surface area contributed by atoms with Gasteiger partial charge in [0.1, 0.15) is 4.49 Å². The van der Waals surface area contributed by atoms with E-state index >= 15 is 0 Å². The summed E-state index contributed by atoms with van der Waals surface area (Å²) in [4.78, 5) is 0. The maximum Gasteiger partial charge on any atom is 0.103 e. The van der Waals surface area contributed by atoms with E-state index in [1.807, 2.05) is 6.08 Å². The van der Waals surface area contributed by atoms with Gasteiger partial charge >= 0.3 is 0 Å². The van der Waals surface area contributed by atoms with Gasteiger partial charge in [-0.1, -0.05) is 48.9 Å². The van der Waals surface area contributed by atoms with Crippen LogP contribution in [0, 0.1) is 5.92 Å². The van der Waals surface area contributed by atoms with Crippen LogP contribution in [0.15, 0.2) is 10.6 Å². The Morgan fingerprint density at radius 1 is 1.36 bits per heavy atom. The molecule has 0 spiro atoms. The molecular formula is C8H14Cl2Si. The van der Waals surface area contributed by atoms with Crippen LogP contribution in [0.5, 0.6) is 0 Å². The highest BCUT2D eigenvalue weighted by atomic mass is 35.5. The summed E-state index contributed by atoms with van der Waals surface area (Å²) in [5, 5.41) is 0. The molecule has 3 heteroatoms. The van der Waals surface area contributed by atoms with Crippen LogP contribution in [-0.4, -0.2) is 8.07 Å². The van der Waals surface area contributed by atoms with E-state index in [-0.39, 0.29) is 0 Å². The molecule has 0 aromatic heterocycles. The maximum atomic E-state index is 5.57. The van der Waals surface area contributed by atoms with Crippen LogP contribution in [-0.2, 0) is 0 Å². The van der Waals surface area contributed by atoms with Crippen molar-refractivity contribution in [3.8, 4) is 0 Å². The lowest BCUT2D eigenvalue weighted by Gasteiger charge is -2.14. The van der Waals surface area contributed by atoms with E-state index < -0.39 is 8.07 Å². The first kappa shape index (κ1) is 9.62. The summed E-state index contributed by atoms with van der Waals surface area (Å²) in [6, 6.07) is 0. The lowest BCUT2D eigenvalue weighted by Crippen LogP contribution is -2.20. The van der Waals surface area contributed by atoms with Crippen molar-refractivity contribution in [1.82, 2.24) is 0 Å². The summed E-state index contributed by atoms with van der Waals surface area (Å²) in [6.45, 7) is 7.19. The monoisotopic (exact) mass is 208 g/mol. The van der Waals surface area contributed by atoms with Crippen LogP contribution < -0.4 is 0 Å². The Kier molecular flexibility index (Phi) is 2.73. The lowest BCUT2D eigenvalue weighted by atomic mass is 10.4. The summed E-state index contributed by atoms with van der Waals surface area (Å²) in [6.07, 6.45) is 3.30. The molecule has 11 heavy (non-hydrogen) atoms. The molecule has 0 aliphatic heterocycles. The third kappa shape index (κ3) is 2.81. The van der Waals surface area contributed by atoms with Crippen molar-refractivity contribution in [1.29, 1.82) is 0 Å². The molecule has 1 rings (SSSR count). The summed E-state index contributed by atoms with van der Waals surface area (Å²) in [7, 11) is -0.915. The van der Waals surface area contributed by atoms with Crippen molar-refractivity contribution in [3.05, 3.63) is 10.6 Å². The zero-order chi connectivity index (χ0) is 8.65. The molecule has 0 heterocycles. The van der Waals surface area contributed by atoms with Crippen LogP contribution in [0.25, 0.3) is 0 Å². The van der Waals surface area contributed by atoms with Crippen molar-refractivity contribution in [2.75, 3.05) is 0 Å². The minimum Gasteiger partial charge on any atom is -0.0712 e. The predicted molar refractivity (Wildman–Crippen MR) is 55.0 cm³/mol. The first-order chi connectivity index (χ1) is 4.91. The zero-order valence-corrected chi connectivity index (χ0v) is 9.71. The van der Waals surface area contributed by atoms with Crippen molar-refractivity contribution >= 4 is 31.3 Å². The molecule has 0 amide bonds. The molecule has 64 valence electrons. The fraction of sp³-hybridized carbons (Fsp3) is 0.750. The summed E-state index contributed by atoms with van der Waals surface area (Å²) < 4.78 is 0.441. The number of rotatable bonds is 2. The third-order valence-electron chi connectivity index (χ3n) is 2.29. The zero-order valence-electron chi connectivity index (χ0n) is 7.20. The van der Waals surface area contributed by atoms with E-state index in [0.717, 1.165) is 5.54 Å². The van der Waals surface area contributed by atoms with E-state index in [4.69, 9.17) is 23.2 Å². The fourth-order valence-electron chi connectivity index (χ4n) is 1.56. The van der Waals surface area contributed by atoms with Gasteiger partial charge < -0.3 is 0 Å². The van der Waals surface area contributed by atoms with Crippen molar-refractivity contribution < 1.29 is 0 Å². The summed E-state index contributed by atoms with van der Waals surface area (Å²) >= 11 is 11.1. The van der Waals surface area contributed by atoms with Crippen LogP contribution >= 0.6 is 23.2 Å². The Morgan fingerprint density at radius 2 is 1.91 bits per heavy atom. The molecule has 1 aliphatic rings. The van der Waals surface area contributed by atoms with Gasteiger partial charge in [-0.3, -0.25) is 0 Å². The number of hydrogen-bond donors (Lipinski definition) is 0. The van der Waals surface area contributed by atoms with Gasteiger partial charge in [0.15, 0.2) is 0 Å². The molecule has 1 aliphatic carbocycles. The molecule has 0 unspecified atom stereocenters. The molecule has 1 fully saturated rings. The number of halogens is 2. The molecule has 0 aromatic carbocycles. The van der Waals surface area contributed by atoms with Gasteiger partial charge in [-0.05, 0) is 17.9 Å². The number of allylic oxidation sites excluding steroid dienone is 1. The molecule has 0 bridgehead atoms. The van der Waals surface area contributed by atoms with E-state index in [1.165, 1.54) is 6.42 Å². The van der Waals surface area contributed by atoms with Crippen LogP contribution in [0.4, 0.5) is 0 Å². The first-order valence-corrected chi connectivity index (χ1v) is 8.27. The molecule has 0 N–H and O–H groups in total. The van der Waals surface area contributed by atoms with Crippen molar-refractivity contribution in [3.63, 3.8) is 0 Å². The highest BCUT2D eigenvalue weighted by molar-refractivity contribution is 6.78. The van der Waals surface area contributed by atoms with E-state index in [0.29, 0.717) is 10.4 Å². The summed E-state index contributed by atoms with van der Waals surface area (Å²) in [5.74, 6) is 0.687. The largest absolute Gasteiger partial charge is 0.103 e. The van der Waals surface area contributed by atoms with E-state index in [2.05, 4.69) is 19.6 Å². The maximum absolute atomic E-state index is 5.57. The highest BCUT2D eigenvalue weighted by Gasteiger charge is 2.44. The molecule has 0 nitrogen and oxygen atoms in total. The molecule has 1 saturated carbocycles. The standard InChI is InChI=1S/C8H14Cl2Si/c1-11(2,3)7-4-6(7)5-8(9)10/h5-7H,4H2,1-3H3/t6-,7-/m0/s1. The average molecular weight is 209 g/mol. The molecule has 0 saturated heterocycles. The SMILES string of the molecule is C[Si](C)(C)[C@H]1C[C@H]1C=C(Cl)Cl. The normalized spacial score (nSPS) is 29.9. The second-order valence-electron chi connectivity index (χ2n) is 4.33. The van der Waals surface area contributed by atoms with Crippen molar-refractivity contribution in [2.45, 2.75) is 31.6 Å². The van der Waals surface area contributed by atoms with Gasteiger partial charge in [0.05, 0.1) is 0 Å². The van der Waals surface area contributed by atoms with Crippen LogP contribution in [0.1, 0.15) is 6.42 Å². The highest BCUT2D eigenvalue weighted by Crippen LogP contribution is 2.53. The van der Waals surface area contributed by atoms with Gasteiger partial charge in [0.25, 0.3) is 0 Å². The van der Waals surface area contributed by atoms with Crippen molar-refractivity contribution in [2.24, 2.45) is 5.92 Å². The Hall–Kier alpha value is 0.537. The first-order valence-electron chi connectivity index (χ1n) is 3.94. The van der Waals surface area contributed by atoms with Gasteiger partial charge in [0.2, 0.25) is 0 Å². The molecule has 2 atom stereocenters. The summed E-state index contributed by atoms with van der Waals surface area (Å²) in [5.41, 5.74) is 0.912. The van der Waals surface area contributed by atoms with Gasteiger partial charge in [0, 0.05) is 8.07 Å². The smallest absolute Gasteiger partial charge is 0.0712 e. The molecule has 0 radical (unpaired) electrons. The molecular weight excluding hydrogens is 195 g/mol. The Morgan fingerprint density at radius 3 is 2.18 bits per heavy atom. The predicted octanol–water partition coefficient (Wildman–Crippen LogP) is 4.03. The Bertz CT molecular complexity index is 177. The third-order valence-corrected chi connectivity index (χ3v) is 5.43. The number of hydrogen-bond acceptors (Lipinski definition) is 0. The second-order valence-corrected chi connectivity index (χ2v) is 10.8. The second kappa shape index (κ2) is 3.12. The van der Waals surface area contributed by atoms with E-state index in [1.54, 1.807) is 0 Å². The quantitative estimate of drug-likeness (QED) is 0.602. The minimum absolute atomic E-state index is 0.441. The van der Waals surface area contributed by atoms with Gasteiger partial charge in [-0.25, -0.2) is 0 Å². The Balaban J connectivity index is 2.44. The topological polar surface area (TPSA) is 0 Å². The molecule has 0 aromatic rings. The average Bonchev–Trinajstić information content (AvgIpc) is 2.40. The fourth-order valence-corrected chi connectivity index (χ4v) is 4.24. The van der Waals surface area contributed by atoms with Crippen LogP contribution in [0.3, 0.4) is 0 Å². The van der Waals surface area contributed by atoms with Crippen LogP contribution in [0.2, 0.25) is 25.2 Å². The van der Waals surface area contributed by atoms with E-state index in [9.17, 15) is 0 Å². The Labute approximate surface area is 79.6 Å². The lowest BCUT2D eigenvalue weighted by molar-refractivity contribution is 1.10. The van der Waals surface area contributed by atoms with Gasteiger partial charge in [-0.15, -0.1) is 0 Å².